The highest BCUT2D eigenvalue weighted by molar-refractivity contribution is 5.89. The molecule has 4 nitrogen and oxygen atoms in total. The number of aromatic nitrogens is 2. The number of aromatic amines is 1. The number of nitrogens with one attached hydrogen (secondary N) is 2. The summed E-state index contributed by atoms with van der Waals surface area (Å²) in [7, 11) is 0. The lowest BCUT2D eigenvalue weighted by Crippen LogP contribution is -2.00. The molecule has 3 N–H and O–H groups in total. The van der Waals surface area contributed by atoms with E-state index in [-0.39, 0.29) is 18.1 Å². The Labute approximate surface area is 113 Å². The minimum atomic E-state index is -0.494. The van der Waals surface area contributed by atoms with Crippen molar-refractivity contribution in [1.29, 1.82) is 0 Å². The zero-order valence-corrected chi connectivity index (χ0v) is 10.3. The molecule has 3 rings (SSSR count). The number of halogens is 2. The van der Waals surface area contributed by atoms with Crippen LogP contribution < -0.4 is 5.32 Å². The summed E-state index contributed by atoms with van der Waals surface area (Å²) >= 11 is 0. The lowest BCUT2D eigenvalue weighted by Gasteiger charge is -2.06. The summed E-state index contributed by atoms with van der Waals surface area (Å²) in [5, 5.41) is 20.1. The largest absolute Gasteiger partial charge is 0.507 e. The fraction of sp³-hybridized carbons (Fsp3) is 0.0714. The standard InChI is InChI=1S/C14H11F2N3O/c15-9-3-4-11-12(5-9)18-19-14(11)17-7-8-1-2-10(16)6-13(8)20/h1-6,20H,7H2,(H2,17,18,19). The first-order valence-electron chi connectivity index (χ1n) is 5.98. The molecule has 0 fully saturated rings. The van der Waals surface area contributed by atoms with Crippen LogP contribution in [0.1, 0.15) is 5.56 Å². The molecule has 0 bridgehead atoms. The molecular formula is C14H11F2N3O. The number of aromatic hydroxyl groups is 1. The molecule has 0 radical (unpaired) electrons. The molecule has 3 aromatic rings. The lowest BCUT2D eigenvalue weighted by atomic mass is 10.2. The van der Waals surface area contributed by atoms with Crippen LogP contribution in [0, 0.1) is 11.6 Å². The molecule has 0 aliphatic carbocycles. The summed E-state index contributed by atoms with van der Waals surface area (Å²) in [6.45, 7) is 0.281. The average molecular weight is 275 g/mol. The van der Waals surface area contributed by atoms with Crippen molar-refractivity contribution in [3.05, 3.63) is 53.6 Å². The Bertz CT molecular complexity index is 770. The lowest BCUT2D eigenvalue weighted by molar-refractivity contribution is 0.463. The predicted octanol–water partition coefficient (Wildman–Crippen LogP) is 3.16. The van der Waals surface area contributed by atoms with Gasteiger partial charge in [0.05, 0.1) is 5.52 Å². The quantitative estimate of drug-likeness (QED) is 0.688. The van der Waals surface area contributed by atoms with Crippen molar-refractivity contribution in [2.45, 2.75) is 6.54 Å². The molecule has 0 aliphatic rings. The molecule has 102 valence electrons. The maximum Gasteiger partial charge on any atom is 0.155 e. The minimum absolute atomic E-state index is 0.122. The van der Waals surface area contributed by atoms with Gasteiger partial charge in [0.15, 0.2) is 5.82 Å². The van der Waals surface area contributed by atoms with Crippen molar-refractivity contribution in [2.24, 2.45) is 0 Å². The van der Waals surface area contributed by atoms with Crippen molar-refractivity contribution in [2.75, 3.05) is 5.32 Å². The Morgan fingerprint density at radius 1 is 1.10 bits per heavy atom. The first-order valence-corrected chi connectivity index (χ1v) is 5.98. The first kappa shape index (κ1) is 12.4. The molecule has 1 heterocycles. The Hall–Kier alpha value is -2.63. The highest BCUT2D eigenvalue weighted by Crippen LogP contribution is 2.23. The van der Waals surface area contributed by atoms with Crippen molar-refractivity contribution < 1.29 is 13.9 Å². The summed E-state index contributed by atoms with van der Waals surface area (Å²) < 4.78 is 25.9. The SMILES string of the molecule is Oc1cc(F)ccc1CNc1n[nH]c2cc(F)ccc12. The van der Waals surface area contributed by atoms with E-state index >= 15 is 0 Å². The van der Waals surface area contributed by atoms with Gasteiger partial charge in [0.2, 0.25) is 0 Å². The molecule has 0 saturated carbocycles. The monoisotopic (exact) mass is 275 g/mol. The van der Waals surface area contributed by atoms with Crippen LogP contribution in [0.4, 0.5) is 14.6 Å². The number of anilines is 1. The molecule has 2 aromatic carbocycles. The van der Waals surface area contributed by atoms with Crippen LogP contribution >= 0.6 is 0 Å². The maximum atomic E-state index is 13.1. The predicted molar refractivity (Wildman–Crippen MR) is 71.4 cm³/mol. The summed E-state index contributed by atoms with van der Waals surface area (Å²) in [5.41, 5.74) is 1.13. The number of hydrogen-bond acceptors (Lipinski definition) is 3. The van der Waals surface area contributed by atoms with Crippen molar-refractivity contribution in [3.63, 3.8) is 0 Å². The molecule has 6 heteroatoms. The maximum absolute atomic E-state index is 13.1. The van der Waals surface area contributed by atoms with Crippen molar-refractivity contribution in [3.8, 4) is 5.75 Å². The van der Waals surface area contributed by atoms with Gasteiger partial charge in [0.1, 0.15) is 17.4 Å². The number of hydrogen-bond donors (Lipinski definition) is 3. The molecule has 0 aliphatic heterocycles. The summed E-state index contributed by atoms with van der Waals surface area (Å²) in [4.78, 5) is 0. The molecule has 20 heavy (non-hydrogen) atoms. The first-order chi connectivity index (χ1) is 9.63. The van der Waals surface area contributed by atoms with E-state index in [1.165, 1.54) is 24.3 Å². The number of phenols is 1. The van der Waals surface area contributed by atoms with E-state index in [0.29, 0.717) is 16.9 Å². The number of fused-ring (bicyclic) bond motifs is 1. The molecule has 0 atom stereocenters. The van der Waals surface area contributed by atoms with Crippen LogP contribution in [-0.2, 0) is 6.54 Å². The molecule has 0 unspecified atom stereocenters. The molecule has 1 aromatic heterocycles. The van der Waals surface area contributed by atoms with Crippen molar-refractivity contribution in [1.82, 2.24) is 10.2 Å². The molecular weight excluding hydrogens is 264 g/mol. The zero-order chi connectivity index (χ0) is 14.1. The van der Waals surface area contributed by atoms with Gasteiger partial charge < -0.3 is 10.4 Å². The van der Waals surface area contributed by atoms with Gasteiger partial charge in [-0.05, 0) is 24.3 Å². The van der Waals surface area contributed by atoms with Gasteiger partial charge in [-0.25, -0.2) is 8.78 Å². The number of nitrogens with zero attached hydrogens (tertiary/aromatic N) is 1. The fourth-order valence-corrected chi connectivity index (χ4v) is 1.99. The highest BCUT2D eigenvalue weighted by atomic mass is 19.1. The third-order valence-electron chi connectivity index (χ3n) is 3.02. The van der Waals surface area contributed by atoms with Crippen LogP contribution in [0.15, 0.2) is 36.4 Å². The van der Waals surface area contributed by atoms with E-state index in [1.54, 1.807) is 6.07 Å². The number of benzene rings is 2. The topological polar surface area (TPSA) is 60.9 Å². The number of H-pyrrole nitrogens is 1. The number of phenolic OH excluding ortho intramolecular Hbond substituents is 1. The minimum Gasteiger partial charge on any atom is -0.507 e. The van der Waals surface area contributed by atoms with E-state index in [0.717, 1.165) is 11.5 Å². The van der Waals surface area contributed by atoms with Gasteiger partial charge in [-0.3, -0.25) is 5.10 Å². The Balaban J connectivity index is 1.83. The molecule has 0 amide bonds. The zero-order valence-electron chi connectivity index (χ0n) is 10.3. The van der Waals surface area contributed by atoms with Crippen LogP contribution in [0.25, 0.3) is 10.9 Å². The van der Waals surface area contributed by atoms with Gasteiger partial charge in [-0.1, -0.05) is 6.07 Å². The summed E-state index contributed by atoms with van der Waals surface area (Å²) in [6, 6.07) is 8.12. The van der Waals surface area contributed by atoms with Gasteiger partial charge in [-0.2, -0.15) is 5.10 Å². The Kier molecular flexibility index (Phi) is 2.98. The second kappa shape index (κ2) is 4.80. The second-order valence-corrected chi connectivity index (χ2v) is 4.39. The van der Waals surface area contributed by atoms with Gasteiger partial charge in [-0.15, -0.1) is 0 Å². The highest BCUT2D eigenvalue weighted by Gasteiger charge is 2.08. The summed E-state index contributed by atoms with van der Waals surface area (Å²) in [6.07, 6.45) is 0. The molecule has 0 saturated heterocycles. The smallest absolute Gasteiger partial charge is 0.155 e. The van der Waals surface area contributed by atoms with E-state index in [1.807, 2.05) is 0 Å². The Morgan fingerprint density at radius 3 is 2.65 bits per heavy atom. The van der Waals surface area contributed by atoms with Gasteiger partial charge in [0, 0.05) is 23.6 Å². The summed E-state index contributed by atoms with van der Waals surface area (Å²) in [5.74, 6) is -0.414. The van der Waals surface area contributed by atoms with Gasteiger partial charge in [0.25, 0.3) is 0 Å². The van der Waals surface area contributed by atoms with E-state index in [9.17, 15) is 13.9 Å². The third kappa shape index (κ3) is 2.27. The van der Waals surface area contributed by atoms with E-state index in [4.69, 9.17) is 0 Å². The van der Waals surface area contributed by atoms with Gasteiger partial charge >= 0.3 is 0 Å². The van der Waals surface area contributed by atoms with E-state index in [2.05, 4.69) is 15.5 Å². The Morgan fingerprint density at radius 2 is 1.85 bits per heavy atom. The number of rotatable bonds is 3. The van der Waals surface area contributed by atoms with Crippen LogP contribution in [0.5, 0.6) is 5.75 Å². The van der Waals surface area contributed by atoms with E-state index < -0.39 is 5.82 Å². The van der Waals surface area contributed by atoms with Crippen LogP contribution in [-0.4, -0.2) is 15.3 Å². The average Bonchev–Trinajstić information content (AvgIpc) is 2.80. The van der Waals surface area contributed by atoms with Crippen LogP contribution in [0.3, 0.4) is 0 Å². The second-order valence-electron chi connectivity index (χ2n) is 4.39. The fourth-order valence-electron chi connectivity index (χ4n) is 1.99. The van der Waals surface area contributed by atoms with Crippen LogP contribution in [0.2, 0.25) is 0 Å². The molecule has 0 spiro atoms. The third-order valence-corrected chi connectivity index (χ3v) is 3.02. The van der Waals surface area contributed by atoms with Crippen molar-refractivity contribution >= 4 is 16.7 Å². The normalized spacial score (nSPS) is 10.9.